The Hall–Kier alpha value is -2.48. The normalized spacial score (nSPS) is 11.1. The summed E-state index contributed by atoms with van der Waals surface area (Å²) in [7, 11) is 1.58. The number of carbonyl (C=O) groups is 2. The third kappa shape index (κ3) is 5.80. The van der Waals surface area contributed by atoms with Crippen LogP contribution in [0.4, 0.5) is 0 Å². The lowest BCUT2D eigenvalue weighted by Gasteiger charge is -2.23. The number of hydrogen-bond acceptors (Lipinski definition) is 5. The number of fused-ring (bicyclic) bond motifs is 1. The van der Waals surface area contributed by atoms with E-state index < -0.39 is 0 Å². The second kappa shape index (κ2) is 9.86. The van der Waals surface area contributed by atoms with Gasteiger partial charge in [0.1, 0.15) is 12.1 Å². The summed E-state index contributed by atoms with van der Waals surface area (Å²) in [5, 5.41) is 10.9. The van der Waals surface area contributed by atoms with Crippen molar-refractivity contribution >= 4 is 22.8 Å². The third-order valence-corrected chi connectivity index (χ3v) is 4.00. The molecule has 1 aromatic carbocycles. The maximum atomic E-state index is 12.8. The zero-order chi connectivity index (χ0) is 18.9. The molecule has 0 aliphatic rings. The van der Waals surface area contributed by atoms with Gasteiger partial charge in [0.2, 0.25) is 11.8 Å². The fourth-order valence-electron chi connectivity index (χ4n) is 2.49. The summed E-state index contributed by atoms with van der Waals surface area (Å²) in [6.45, 7) is 5.66. The molecule has 8 heteroatoms. The van der Waals surface area contributed by atoms with Crippen LogP contribution in [0.15, 0.2) is 24.3 Å². The van der Waals surface area contributed by atoms with Gasteiger partial charge in [-0.25, -0.2) is 4.68 Å². The van der Waals surface area contributed by atoms with E-state index in [9.17, 15) is 9.59 Å². The first-order chi connectivity index (χ1) is 12.5. The first-order valence-electron chi connectivity index (χ1n) is 8.83. The lowest BCUT2D eigenvalue weighted by molar-refractivity contribution is -0.136. The van der Waals surface area contributed by atoms with Gasteiger partial charge in [0.05, 0.1) is 18.7 Å². The van der Waals surface area contributed by atoms with Crippen LogP contribution in [0.5, 0.6) is 0 Å². The molecule has 142 valence electrons. The fraction of sp³-hybridized carbons (Fsp3) is 0.556. The van der Waals surface area contributed by atoms with Crippen LogP contribution in [-0.2, 0) is 20.9 Å². The SMILES string of the molecule is COCCNC(=O)CN(CCC(C)C)C(=O)Cn1nnc2ccccc21. The molecule has 8 nitrogen and oxygen atoms in total. The second-order valence-electron chi connectivity index (χ2n) is 6.58. The molecule has 0 bridgehead atoms. The Morgan fingerprint density at radius 3 is 2.81 bits per heavy atom. The van der Waals surface area contributed by atoms with Crippen LogP contribution in [0.3, 0.4) is 0 Å². The molecule has 0 saturated heterocycles. The predicted octanol–water partition coefficient (Wildman–Crippen LogP) is 1.07. The molecule has 0 fully saturated rings. The summed E-state index contributed by atoms with van der Waals surface area (Å²) in [5.74, 6) is 0.0971. The highest BCUT2D eigenvalue weighted by Crippen LogP contribution is 2.10. The van der Waals surface area contributed by atoms with Crippen LogP contribution in [-0.4, -0.2) is 65.1 Å². The molecule has 0 radical (unpaired) electrons. The Morgan fingerprint density at radius 2 is 2.08 bits per heavy atom. The van der Waals surface area contributed by atoms with Gasteiger partial charge in [0.15, 0.2) is 0 Å². The van der Waals surface area contributed by atoms with Crippen LogP contribution in [0.25, 0.3) is 11.0 Å². The number of hydrogen-bond donors (Lipinski definition) is 1. The number of aromatic nitrogens is 3. The highest BCUT2D eigenvalue weighted by Gasteiger charge is 2.19. The van der Waals surface area contributed by atoms with Crippen LogP contribution in [0, 0.1) is 5.92 Å². The Balaban J connectivity index is 2.03. The molecule has 2 amide bonds. The summed E-state index contributed by atoms with van der Waals surface area (Å²) in [4.78, 5) is 26.4. The highest BCUT2D eigenvalue weighted by molar-refractivity contribution is 5.85. The van der Waals surface area contributed by atoms with Gasteiger partial charge in [0.25, 0.3) is 0 Å². The van der Waals surface area contributed by atoms with Crippen molar-refractivity contribution < 1.29 is 14.3 Å². The standard InChI is InChI=1S/C18H27N5O3/c1-14(2)8-10-22(12-17(24)19-9-11-26-3)18(25)13-23-16-7-5-4-6-15(16)20-21-23/h4-7,14H,8-13H2,1-3H3,(H,19,24). The number of nitrogens with one attached hydrogen (secondary N) is 1. The molecule has 1 aromatic heterocycles. The number of benzene rings is 1. The van der Waals surface area contributed by atoms with Crippen molar-refractivity contribution in [3.8, 4) is 0 Å². The molecule has 0 aliphatic heterocycles. The quantitative estimate of drug-likeness (QED) is 0.640. The summed E-state index contributed by atoms with van der Waals surface area (Å²) in [6.07, 6.45) is 0.829. The van der Waals surface area contributed by atoms with Gasteiger partial charge in [-0.05, 0) is 24.5 Å². The molecule has 0 atom stereocenters. The molecule has 0 aliphatic carbocycles. The van der Waals surface area contributed by atoms with E-state index in [1.807, 2.05) is 24.3 Å². The Morgan fingerprint density at radius 1 is 1.31 bits per heavy atom. The van der Waals surface area contributed by atoms with E-state index in [0.717, 1.165) is 17.5 Å². The van der Waals surface area contributed by atoms with Crippen molar-refractivity contribution in [1.82, 2.24) is 25.2 Å². The summed E-state index contributed by atoms with van der Waals surface area (Å²) in [6, 6.07) is 7.48. The molecule has 0 saturated carbocycles. The van der Waals surface area contributed by atoms with Crippen molar-refractivity contribution in [2.45, 2.75) is 26.8 Å². The number of amides is 2. The van der Waals surface area contributed by atoms with E-state index in [1.54, 1.807) is 16.7 Å². The van der Waals surface area contributed by atoms with Gasteiger partial charge < -0.3 is 15.0 Å². The van der Waals surface area contributed by atoms with E-state index >= 15 is 0 Å². The number of ether oxygens (including phenoxy) is 1. The number of rotatable bonds is 10. The summed E-state index contributed by atoms with van der Waals surface area (Å²) in [5.41, 5.74) is 1.54. The van der Waals surface area contributed by atoms with Crippen LogP contribution in [0.2, 0.25) is 0 Å². The summed E-state index contributed by atoms with van der Waals surface area (Å²) < 4.78 is 6.49. The van der Waals surface area contributed by atoms with Gasteiger partial charge in [0, 0.05) is 20.2 Å². The first-order valence-corrected chi connectivity index (χ1v) is 8.83. The van der Waals surface area contributed by atoms with Gasteiger partial charge in [-0.3, -0.25) is 9.59 Å². The monoisotopic (exact) mass is 361 g/mol. The topological polar surface area (TPSA) is 89.4 Å². The third-order valence-electron chi connectivity index (χ3n) is 4.00. The number of carbonyl (C=O) groups excluding carboxylic acids is 2. The van der Waals surface area contributed by atoms with Crippen LogP contribution >= 0.6 is 0 Å². The van der Waals surface area contributed by atoms with E-state index in [2.05, 4.69) is 29.5 Å². The predicted molar refractivity (Wildman–Crippen MR) is 98.4 cm³/mol. The van der Waals surface area contributed by atoms with Gasteiger partial charge >= 0.3 is 0 Å². The number of methoxy groups -OCH3 is 1. The Bertz CT molecular complexity index is 728. The largest absolute Gasteiger partial charge is 0.383 e. The van der Waals surface area contributed by atoms with E-state index in [1.165, 1.54) is 0 Å². The average Bonchev–Trinajstić information content (AvgIpc) is 3.01. The minimum absolute atomic E-state index is 0.0297. The van der Waals surface area contributed by atoms with Gasteiger partial charge in [-0.2, -0.15) is 0 Å². The van der Waals surface area contributed by atoms with Crippen molar-refractivity contribution in [1.29, 1.82) is 0 Å². The zero-order valence-electron chi connectivity index (χ0n) is 15.6. The van der Waals surface area contributed by atoms with Crippen molar-refractivity contribution in [2.24, 2.45) is 5.92 Å². The molecular formula is C18H27N5O3. The minimum atomic E-state index is -0.192. The van der Waals surface area contributed by atoms with Crippen LogP contribution in [0.1, 0.15) is 20.3 Å². The molecule has 0 spiro atoms. The maximum absolute atomic E-state index is 12.8. The average molecular weight is 361 g/mol. The van der Waals surface area contributed by atoms with E-state index in [4.69, 9.17) is 4.74 Å². The smallest absolute Gasteiger partial charge is 0.244 e. The minimum Gasteiger partial charge on any atom is -0.383 e. The maximum Gasteiger partial charge on any atom is 0.244 e. The van der Waals surface area contributed by atoms with E-state index in [0.29, 0.717) is 25.6 Å². The second-order valence-corrected chi connectivity index (χ2v) is 6.58. The molecule has 2 rings (SSSR count). The fourth-order valence-corrected chi connectivity index (χ4v) is 2.49. The zero-order valence-corrected chi connectivity index (χ0v) is 15.6. The molecule has 26 heavy (non-hydrogen) atoms. The Kier molecular flexibility index (Phi) is 7.53. The van der Waals surface area contributed by atoms with Crippen molar-refractivity contribution in [3.05, 3.63) is 24.3 Å². The molecule has 1 heterocycles. The van der Waals surface area contributed by atoms with E-state index in [-0.39, 0.29) is 24.9 Å². The number of nitrogens with zero attached hydrogens (tertiary/aromatic N) is 4. The first kappa shape index (κ1) is 19.8. The molecule has 0 unspecified atom stereocenters. The summed E-state index contributed by atoms with van der Waals surface area (Å²) >= 11 is 0. The molecule has 2 aromatic rings. The molecular weight excluding hydrogens is 334 g/mol. The molecule has 1 N–H and O–H groups in total. The van der Waals surface area contributed by atoms with Crippen molar-refractivity contribution in [3.63, 3.8) is 0 Å². The number of para-hydroxylation sites is 1. The van der Waals surface area contributed by atoms with Crippen LogP contribution < -0.4 is 5.32 Å². The lowest BCUT2D eigenvalue weighted by atomic mass is 10.1. The van der Waals surface area contributed by atoms with Gasteiger partial charge in [-0.15, -0.1) is 5.10 Å². The van der Waals surface area contributed by atoms with Gasteiger partial charge in [-0.1, -0.05) is 31.2 Å². The highest BCUT2D eigenvalue weighted by atomic mass is 16.5. The lowest BCUT2D eigenvalue weighted by Crippen LogP contribution is -2.43. The Labute approximate surface area is 153 Å². The van der Waals surface area contributed by atoms with Crippen molar-refractivity contribution in [2.75, 3.05) is 33.4 Å².